The molecule has 2 rings (SSSR count). The normalized spacial score (nSPS) is 23.4. The molecule has 88 valence electrons. The minimum absolute atomic E-state index is 0.0651. The second kappa shape index (κ2) is 4.96. The van der Waals surface area contributed by atoms with Crippen LogP contribution in [0.3, 0.4) is 0 Å². The minimum Gasteiger partial charge on any atom is -0.316 e. The molecule has 0 aromatic heterocycles. The van der Waals surface area contributed by atoms with Gasteiger partial charge in [0.15, 0.2) is 0 Å². The van der Waals surface area contributed by atoms with Gasteiger partial charge in [-0.15, -0.1) is 0 Å². The van der Waals surface area contributed by atoms with Gasteiger partial charge in [0.25, 0.3) is 0 Å². The number of rotatable bonds is 5. The lowest BCUT2D eigenvalue weighted by Crippen LogP contribution is -2.17. The Kier molecular flexibility index (Phi) is 3.59. The first kappa shape index (κ1) is 11.6. The second-order valence-corrected chi connectivity index (χ2v) is 4.82. The van der Waals surface area contributed by atoms with Gasteiger partial charge in [0, 0.05) is 0 Å². The minimum atomic E-state index is -0.0651. The first-order valence-electron chi connectivity index (χ1n) is 6.19. The van der Waals surface area contributed by atoms with Crippen LogP contribution >= 0.6 is 0 Å². The largest absolute Gasteiger partial charge is 0.316 e. The van der Waals surface area contributed by atoms with Crippen LogP contribution in [0, 0.1) is 18.7 Å². The van der Waals surface area contributed by atoms with E-state index in [1.54, 1.807) is 6.07 Å². The Morgan fingerprint density at radius 3 is 2.94 bits per heavy atom. The third kappa shape index (κ3) is 2.62. The van der Waals surface area contributed by atoms with Crippen molar-refractivity contribution in [3.63, 3.8) is 0 Å². The molecule has 16 heavy (non-hydrogen) atoms. The molecule has 0 bridgehead atoms. The molecule has 1 aromatic rings. The molecule has 1 fully saturated rings. The van der Waals surface area contributed by atoms with Crippen LogP contribution in [0.5, 0.6) is 0 Å². The number of nitrogens with one attached hydrogen (secondary N) is 1. The Bertz CT molecular complexity index is 362. The number of hydrogen-bond donors (Lipinski definition) is 1. The summed E-state index contributed by atoms with van der Waals surface area (Å²) in [6.07, 6.45) is 2.38. The van der Waals surface area contributed by atoms with Gasteiger partial charge in [0.1, 0.15) is 5.82 Å². The molecule has 1 aromatic carbocycles. The topological polar surface area (TPSA) is 12.0 Å². The molecule has 2 heteroatoms. The van der Waals surface area contributed by atoms with E-state index in [-0.39, 0.29) is 5.82 Å². The van der Waals surface area contributed by atoms with Crippen LogP contribution in [0.2, 0.25) is 0 Å². The Balaban J connectivity index is 1.88. The Morgan fingerprint density at radius 1 is 1.44 bits per heavy atom. The maximum Gasteiger partial charge on any atom is 0.126 e. The quantitative estimate of drug-likeness (QED) is 0.753. The molecule has 0 radical (unpaired) electrons. The average Bonchev–Trinajstić information content (AvgIpc) is 3.02. The van der Waals surface area contributed by atoms with E-state index in [0.29, 0.717) is 11.8 Å². The van der Waals surface area contributed by atoms with Crippen molar-refractivity contribution >= 4 is 0 Å². The number of benzene rings is 1. The molecule has 1 N–H and O–H groups in total. The van der Waals surface area contributed by atoms with E-state index >= 15 is 0 Å². The number of aryl methyl sites for hydroxylation is 1. The van der Waals surface area contributed by atoms with E-state index in [2.05, 4.69) is 18.3 Å². The summed E-state index contributed by atoms with van der Waals surface area (Å²) in [6.45, 7) is 6.15. The lowest BCUT2D eigenvalue weighted by molar-refractivity contribution is 0.608. The van der Waals surface area contributed by atoms with Gasteiger partial charge >= 0.3 is 0 Å². The van der Waals surface area contributed by atoms with Gasteiger partial charge in [-0.1, -0.05) is 19.1 Å². The summed E-state index contributed by atoms with van der Waals surface area (Å²) in [5, 5.41) is 3.43. The third-order valence-electron chi connectivity index (χ3n) is 3.38. The van der Waals surface area contributed by atoms with Crippen LogP contribution in [-0.4, -0.2) is 13.1 Å². The molecule has 0 amide bonds. The summed E-state index contributed by atoms with van der Waals surface area (Å²) < 4.78 is 13.4. The molecule has 1 nitrogen and oxygen atoms in total. The molecule has 1 saturated carbocycles. The SMILES string of the molecule is CCCNCC1CC1c1ccc(C)c(F)c1. The lowest BCUT2D eigenvalue weighted by atomic mass is 10.1. The first-order valence-corrected chi connectivity index (χ1v) is 6.19. The molecule has 1 aliphatic carbocycles. The van der Waals surface area contributed by atoms with E-state index in [4.69, 9.17) is 0 Å². The van der Waals surface area contributed by atoms with Crippen LogP contribution in [0.4, 0.5) is 4.39 Å². The van der Waals surface area contributed by atoms with Crippen LogP contribution < -0.4 is 5.32 Å². The van der Waals surface area contributed by atoms with Crippen molar-refractivity contribution in [1.82, 2.24) is 5.32 Å². The van der Waals surface area contributed by atoms with E-state index in [1.807, 2.05) is 13.0 Å². The van der Waals surface area contributed by atoms with Crippen molar-refractivity contribution in [1.29, 1.82) is 0 Å². The highest BCUT2D eigenvalue weighted by atomic mass is 19.1. The summed E-state index contributed by atoms with van der Waals surface area (Å²) in [5.74, 6) is 1.23. The Morgan fingerprint density at radius 2 is 2.25 bits per heavy atom. The van der Waals surface area contributed by atoms with Gasteiger partial charge in [-0.2, -0.15) is 0 Å². The first-order chi connectivity index (χ1) is 7.72. The fourth-order valence-electron chi connectivity index (χ4n) is 2.19. The third-order valence-corrected chi connectivity index (χ3v) is 3.38. The van der Waals surface area contributed by atoms with Gasteiger partial charge in [0.05, 0.1) is 0 Å². The fourth-order valence-corrected chi connectivity index (χ4v) is 2.19. The van der Waals surface area contributed by atoms with Crippen LogP contribution in [0.25, 0.3) is 0 Å². The number of hydrogen-bond acceptors (Lipinski definition) is 1. The standard InChI is InChI=1S/C14H20FN/c1-3-6-16-9-12-7-13(12)11-5-4-10(2)14(15)8-11/h4-5,8,12-13,16H,3,6-7,9H2,1-2H3. The van der Waals surface area contributed by atoms with E-state index in [1.165, 1.54) is 18.4 Å². The predicted octanol–water partition coefficient (Wildman–Crippen LogP) is 3.24. The van der Waals surface area contributed by atoms with Crippen molar-refractivity contribution in [2.24, 2.45) is 5.92 Å². The van der Waals surface area contributed by atoms with Crippen molar-refractivity contribution in [2.45, 2.75) is 32.6 Å². The maximum atomic E-state index is 13.4. The van der Waals surface area contributed by atoms with E-state index < -0.39 is 0 Å². The summed E-state index contributed by atoms with van der Waals surface area (Å²) in [5.41, 5.74) is 1.91. The summed E-state index contributed by atoms with van der Waals surface area (Å²) in [4.78, 5) is 0. The highest BCUT2D eigenvalue weighted by molar-refractivity contribution is 5.30. The zero-order chi connectivity index (χ0) is 11.5. The van der Waals surface area contributed by atoms with Crippen LogP contribution in [0.1, 0.15) is 36.8 Å². The van der Waals surface area contributed by atoms with Crippen molar-refractivity contribution < 1.29 is 4.39 Å². The lowest BCUT2D eigenvalue weighted by Gasteiger charge is -2.04. The fraction of sp³-hybridized carbons (Fsp3) is 0.571. The zero-order valence-electron chi connectivity index (χ0n) is 10.1. The monoisotopic (exact) mass is 221 g/mol. The molecule has 2 unspecified atom stereocenters. The van der Waals surface area contributed by atoms with Crippen LogP contribution in [-0.2, 0) is 0 Å². The summed E-state index contributed by atoms with van der Waals surface area (Å²) in [6, 6.07) is 5.67. The van der Waals surface area contributed by atoms with Gasteiger partial charge in [-0.05, 0) is 61.9 Å². The predicted molar refractivity (Wildman–Crippen MR) is 65.1 cm³/mol. The molecule has 0 spiro atoms. The molecule has 2 atom stereocenters. The van der Waals surface area contributed by atoms with Gasteiger partial charge < -0.3 is 5.32 Å². The molecule has 1 aliphatic rings. The van der Waals surface area contributed by atoms with Crippen LogP contribution in [0.15, 0.2) is 18.2 Å². The second-order valence-electron chi connectivity index (χ2n) is 4.82. The zero-order valence-corrected chi connectivity index (χ0v) is 10.1. The smallest absolute Gasteiger partial charge is 0.126 e. The van der Waals surface area contributed by atoms with Crippen molar-refractivity contribution in [3.05, 3.63) is 35.1 Å². The highest BCUT2D eigenvalue weighted by Crippen LogP contribution is 2.47. The van der Waals surface area contributed by atoms with Gasteiger partial charge in [-0.25, -0.2) is 4.39 Å². The summed E-state index contributed by atoms with van der Waals surface area (Å²) in [7, 11) is 0. The number of halogens is 1. The Labute approximate surface area is 97.1 Å². The van der Waals surface area contributed by atoms with Crippen molar-refractivity contribution in [3.8, 4) is 0 Å². The molecular formula is C14H20FN. The van der Waals surface area contributed by atoms with Gasteiger partial charge in [-0.3, -0.25) is 0 Å². The van der Waals surface area contributed by atoms with E-state index in [0.717, 1.165) is 18.7 Å². The summed E-state index contributed by atoms with van der Waals surface area (Å²) >= 11 is 0. The van der Waals surface area contributed by atoms with Crippen molar-refractivity contribution in [2.75, 3.05) is 13.1 Å². The highest BCUT2D eigenvalue weighted by Gasteiger charge is 2.37. The van der Waals surface area contributed by atoms with E-state index in [9.17, 15) is 4.39 Å². The Hall–Kier alpha value is -0.890. The molecule has 0 aliphatic heterocycles. The maximum absolute atomic E-state index is 13.4. The molecule has 0 saturated heterocycles. The average molecular weight is 221 g/mol. The molecule has 0 heterocycles. The molecular weight excluding hydrogens is 201 g/mol. The van der Waals surface area contributed by atoms with Gasteiger partial charge in [0.2, 0.25) is 0 Å².